The van der Waals surface area contributed by atoms with Gasteiger partial charge < -0.3 is 24.7 Å². The van der Waals surface area contributed by atoms with Gasteiger partial charge in [-0.3, -0.25) is 9.47 Å². The van der Waals surface area contributed by atoms with E-state index in [1.54, 1.807) is 46.9 Å². The number of benzene rings is 1. The Balaban J connectivity index is 1.34. The second kappa shape index (κ2) is 8.17. The van der Waals surface area contributed by atoms with Crippen LogP contribution in [0.1, 0.15) is 17.9 Å². The molecule has 0 radical (unpaired) electrons. The molecule has 0 unspecified atom stereocenters. The standard InChI is InChI=1S/C20H23N5O6/c1-13-21-10-16-12-24(18(26)25(13)16)14-2-4-17(5-3-14)31-9-6-15-11-22(19(27)28)7-8-23(15)20(29)30/h2-5,10,15H,6-9,11-12H2,1H3,(H,27,28)(H,29,30)/t15-/m1/s1. The van der Waals surface area contributed by atoms with E-state index in [1.165, 1.54) is 9.80 Å². The van der Waals surface area contributed by atoms with E-state index in [1.807, 2.05) is 0 Å². The van der Waals surface area contributed by atoms with Gasteiger partial charge in [-0.15, -0.1) is 0 Å². The molecule has 4 rings (SSSR count). The average Bonchev–Trinajstić information content (AvgIpc) is 3.28. The van der Waals surface area contributed by atoms with Crippen LogP contribution >= 0.6 is 0 Å². The van der Waals surface area contributed by atoms with Gasteiger partial charge in [0, 0.05) is 31.7 Å². The molecule has 11 nitrogen and oxygen atoms in total. The van der Waals surface area contributed by atoms with E-state index in [9.17, 15) is 24.6 Å². The number of aromatic nitrogens is 2. The molecule has 11 heteroatoms. The minimum Gasteiger partial charge on any atom is -0.494 e. The molecule has 3 amide bonds. The lowest BCUT2D eigenvalue weighted by atomic mass is 10.1. The highest BCUT2D eigenvalue weighted by Crippen LogP contribution is 2.27. The number of piperazine rings is 1. The molecule has 0 spiro atoms. The topological polar surface area (TPSA) is 128 Å². The average molecular weight is 429 g/mol. The van der Waals surface area contributed by atoms with Crippen molar-refractivity contribution in [3.05, 3.63) is 42.0 Å². The Bertz CT molecular complexity index is 1000. The summed E-state index contributed by atoms with van der Waals surface area (Å²) in [6.45, 7) is 2.90. The van der Waals surface area contributed by atoms with Crippen LogP contribution in [0.3, 0.4) is 0 Å². The predicted octanol–water partition coefficient (Wildman–Crippen LogP) is 2.29. The summed E-state index contributed by atoms with van der Waals surface area (Å²) in [5.41, 5.74) is 1.58. The zero-order valence-electron chi connectivity index (χ0n) is 17.0. The highest BCUT2D eigenvalue weighted by atomic mass is 16.5. The molecule has 2 aliphatic heterocycles. The summed E-state index contributed by atoms with van der Waals surface area (Å²) in [6, 6.07) is 6.47. The van der Waals surface area contributed by atoms with Gasteiger partial charge in [0.25, 0.3) is 0 Å². The van der Waals surface area contributed by atoms with E-state index in [0.717, 1.165) is 11.4 Å². The lowest BCUT2D eigenvalue weighted by molar-refractivity contribution is 0.0562. The zero-order chi connectivity index (χ0) is 22.1. The fourth-order valence-corrected chi connectivity index (χ4v) is 3.98. The van der Waals surface area contributed by atoms with Crippen molar-refractivity contribution in [1.82, 2.24) is 19.4 Å². The third-order valence-corrected chi connectivity index (χ3v) is 5.62. The summed E-state index contributed by atoms with van der Waals surface area (Å²) in [4.78, 5) is 43.5. The molecular weight excluding hydrogens is 406 g/mol. The van der Waals surface area contributed by atoms with Crippen LogP contribution in [-0.4, -0.2) is 80.1 Å². The SMILES string of the molecule is Cc1ncc2n1C(=O)N(c1ccc(OCC[C@@H]3CN(C(=O)O)CCN3C(=O)O)cc1)C2. The van der Waals surface area contributed by atoms with Crippen LogP contribution in [0, 0.1) is 6.92 Å². The van der Waals surface area contributed by atoms with Gasteiger partial charge in [0.2, 0.25) is 0 Å². The number of carbonyl (C=O) groups is 3. The van der Waals surface area contributed by atoms with E-state index >= 15 is 0 Å². The first-order valence-corrected chi connectivity index (χ1v) is 9.90. The highest BCUT2D eigenvalue weighted by Gasteiger charge is 2.32. The molecule has 0 bridgehead atoms. The molecule has 2 N–H and O–H groups in total. The van der Waals surface area contributed by atoms with E-state index in [0.29, 0.717) is 24.5 Å². The highest BCUT2D eigenvalue weighted by molar-refractivity contribution is 5.96. The smallest absolute Gasteiger partial charge is 0.407 e. The van der Waals surface area contributed by atoms with Crippen LogP contribution in [0.4, 0.5) is 20.1 Å². The number of hydrogen-bond acceptors (Lipinski definition) is 5. The molecule has 1 fully saturated rings. The molecule has 3 heterocycles. The summed E-state index contributed by atoms with van der Waals surface area (Å²) in [6.07, 6.45) is -0.0576. The molecular formula is C20H23N5O6. The summed E-state index contributed by atoms with van der Waals surface area (Å²) < 4.78 is 7.33. The first kappa shape index (κ1) is 20.5. The fraction of sp³-hybridized carbons (Fsp3) is 0.400. The van der Waals surface area contributed by atoms with Crippen LogP contribution in [0.15, 0.2) is 30.5 Å². The number of ether oxygens (including phenoxy) is 1. The number of amides is 3. The molecule has 164 valence electrons. The molecule has 1 aromatic heterocycles. The number of aryl methyl sites for hydroxylation is 1. The number of hydrogen-bond donors (Lipinski definition) is 2. The van der Waals surface area contributed by atoms with Crippen LogP contribution < -0.4 is 9.64 Å². The van der Waals surface area contributed by atoms with Gasteiger partial charge >= 0.3 is 18.2 Å². The Morgan fingerprint density at radius 1 is 1.16 bits per heavy atom. The van der Waals surface area contributed by atoms with Crippen LogP contribution in [0.25, 0.3) is 0 Å². The molecule has 0 saturated carbocycles. The van der Waals surface area contributed by atoms with Gasteiger partial charge in [-0.25, -0.2) is 19.4 Å². The van der Waals surface area contributed by atoms with Crippen LogP contribution in [-0.2, 0) is 6.54 Å². The van der Waals surface area contributed by atoms with Gasteiger partial charge in [-0.2, -0.15) is 0 Å². The number of carboxylic acid groups (broad SMARTS) is 2. The number of nitrogens with zero attached hydrogens (tertiary/aromatic N) is 5. The monoisotopic (exact) mass is 429 g/mol. The van der Waals surface area contributed by atoms with Gasteiger partial charge in [0.1, 0.15) is 11.6 Å². The van der Waals surface area contributed by atoms with E-state index < -0.39 is 18.2 Å². The summed E-state index contributed by atoms with van der Waals surface area (Å²) >= 11 is 0. The second-order valence-corrected chi connectivity index (χ2v) is 7.49. The Hall–Kier alpha value is -3.76. The molecule has 31 heavy (non-hydrogen) atoms. The van der Waals surface area contributed by atoms with Gasteiger partial charge in [0.05, 0.1) is 31.1 Å². The number of anilines is 1. The fourth-order valence-electron chi connectivity index (χ4n) is 3.98. The van der Waals surface area contributed by atoms with Gasteiger partial charge in [-0.05, 0) is 31.2 Å². The van der Waals surface area contributed by atoms with Crippen molar-refractivity contribution in [1.29, 1.82) is 0 Å². The van der Waals surface area contributed by atoms with Crippen molar-refractivity contribution >= 4 is 23.9 Å². The summed E-state index contributed by atoms with van der Waals surface area (Å²) in [5, 5.41) is 18.5. The van der Waals surface area contributed by atoms with Gasteiger partial charge in [0.15, 0.2) is 0 Å². The van der Waals surface area contributed by atoms with Crippen molar-refractivity contribution in [2.24, 2.45) is 0 Å². The Kier molecular flexibility index (Phi) is 5.40. The largest absolute Gasteiger partial charge is 0.494 e. The predicted molar refractivity (Wildman–Crippen MR) is 109 cm³/mol. The van der Waals surface area contributed by atoms with Crippen molar-refractivity contribution in [2.45, 2.75) is 25.9 Å². The maximum atomic E-state index is 12.6. The number of imidazole rings is 1. The lowest BCUT2D eigenvalue weighted by Crippen LogP contribution is -2.56. The summed E-state index contributed by atoms with van der Waals surface area (Å²) in [7, 11) is 0. The molecule has 0 aliphatic carbocycles. The van der Waals surface area contributed by atoms with Crippen molar-refractivity contribution in [3.63, 3.8) is 0 Å². The van der Waals surface area contributed by atoms with E-state index in [4.69, 9.17) is 4.74 Å². The first-order chi connectivity index (χ1) is 14.8. The molecule has 2 aromatic rings. The van der Waals surface area contributed by atoms with Crippen LogP contribution in [0.5, 0.6) is 5.75 Å². The maximum absolute atomic E-state index is 12.6. The van der Waals surface area contributed by atoms with Crippen molar-refractivity contribution < 1.29 is 29.3 Å². The third-order valence-electron chi connectivity index (χ3n) is 5.62. The number of carbonyl (C=O) groups excluding carboxylic acids is 1. The maximum Gasteiger partial charge on any atom is 0.407 e. The first-order valence-electron chi connectivity index (χ1n) is 9.90. The van der Waals surface area contributed by atoms with Crippen molar-refractivity contribution in [3.8, 4) is 5.75 Å². The second-order valence-electron chi connectivity index (χ2n) is 7.49. The van der Waals surface area contributed by atoms with E-state index in [-0.39, 0.29) is 32.3 Å². The number of fused-ring (bicyclic) bond motifs is 1. The molecule has 1 atom stereocenters. The Labute approximate surface area is 178 Å². The number of rotatable bonds is 5. The molecule has 1 saturated heterocycles. The van der Waals surface area contributed by atoms with Crippen molar-refractivity contribution in [2.75, 3.05) is 31.1 Å². The Morgan fingerprint density at radius 3 is 2.55 bits per heavy atom. The summed E-state index contributed by atoms with van der Waals surface area (Å²) in [5.74, 6) is 1.24. The lowest BCUT2D eigenvalue weighted by Gasteiger charge is -2.38. The quantitative estimate of drug-likeness (QED) is 0.746. The minimum atomic E-state index is -1.06. The Morgan fingerprint density at radius 2 is 1.90 bits per heavy atom. The van der Waals surface area contributed by atoms with Crippen LogP contribution in [0.2, 0.25) is 0 Å². The molecule has 1 aromatic carbocycles. The van der Waals surface area contributed by atoms with E-state index in [2.05, 4.69) is 4.98 Å². The normalized spacial score (nSPS) is 18.3. The zero-order valence-corrected chi connectivity index (χ0v) is 17.0. The third kappa shape index (κ3) is 3.98. The molecule has 2 aliphatic rings. The van der Waals surface area contributed by atoms with Gasteiger partial charge in [-0.1, -0.05) is 0 Å². The minimum absolute atomic E-state index is 0.121.